The number of ether oxygens (including phenoxy) is 1. The number of amides is 1. The molecule has 136 valence electrons. The number of carbonyl (C=O) groups is 1. The van der Waals surface area contributed by atoms with Crippen LogP contribution in [0.5, 0.6) is 5.75 Å². The Bertz CT molecular complexity index is 600. The van der Waals surface area contributed by atoms with E-state index >= 15 is 0 Å². The quantitative estimate of drug-likeness (QED) is 0.775. The summed E-state index contributed by atoms with van der Waals surface area (Å²) in [6.45, 7) is -2.84. The van der Waals surface area contributed by atoms with Crippen molar-refractivity contribution in [1.82, 2.24) is 0 Å². The summed E-state index contributed by atoms with van der Waals surface area (Å²) in [6, 6.07) is 6.05. The van der Waals surface area contributed by atoms with Crippen LogP contribution in [0.2, 0.25) is 0 Å². The van der Waals surface area contributed by atoms with Crippen molar-refractivity contribution >= 4 is 23.4 Å². The summed E-state index contributed by atoms with van der Waals surface area (Å²) < 4.78 is 28.9. The Hall–Kier alpha value is -1.30. The first kappa shape index (κ1) is 17.1. The molecule has 0 unspecified atom stereocenters. The number of hydrogen-bond donors (Lipinski definition) is 1. The first-order chi connectivity index (χ1) is 12.0. The van der Waals surface area contributed by atoms with Gasteiger partial charge in [0.15, 0.2) is 0 Å². The van der Waals surface area contributed by atoms with E-state index in [0.717, 1.165) is 17.8 Å². The number of halogens is 2. The molecule has 25 heavy (non-hydrogen) atoms. The van der Waals surface area contributed by atoms with E-state index in [1.54, 1.807) is 12.1 Å². The van der Waals surface area contributed by atoms with Crippen LogP contribution in [0.3, 0.4) is 0 Å². The predicted octanol–water partition coefficient (Wildman–Crippen LogP) is 4.93. The van der Waals surface area contributed by atoms with E-state index in [4.69, 9.17) is 0 Å². The highest BCUT2D eigenvalue weighted by Gasteiger charge is 2.51. The van der Waals surface area contributed by atoms with Crippen LogP contribution in [0.15, 0.2) is 24.3 Å². The molecule has 1 aromatic rings. The third-order valence-electron chi connectivity index (χ3n) is 5.85. The van der Waals surface area contributed by atoms with Gasteiger partial charge in [0, 0.05) is 10.4 Å². The minimum absolute atomic E-state index is 0.0247. The van der Waals surface area contributed by atoms with E-state index < -0.39 is 6.61 Å². The highest BCUT2D eigenvalue weighted by atomic mass is 32.2. The molecule has 0 radical (unpaired) electrons. The van der Waals surface area contributed by atoms with E-state index in [1.165, 1.54) is 50.7 Å². The molecule has 4 aliphatic carbocycles. The predicted molar refractivity (Wildman–Crippen MR) is 95.1 cm³/mol. The number of alkyl halides is 2. The topological polar surface area (TPSA) is 38.3 Å². The second-order valence-electron chi connectivity index (χ2n) is 7.84. The molecule has 0 aromatic heterocycles. The number of anilines is 1. The normalized spacial score (nSPS) is 32.8. The molecule has 4 saturated carbocycles. The minimum Gasteiger partial charge on any atom is -0.435 e. The van der Waals surface area contributed by atoms with E-state index in [1.807, 2.05) is 11.8 Å². The van der Waals surface area contributed by atoms with E-state index in [0.29, 0.717) is 16.2 Å². The standard InChI is InChI=1S/C19H23F2NO2S/c20-18(21)24-16-3-1-15(2-4-16)22-17(23)11-25-19-8-12-5-13(9-19)7-14(6-12)10-19/h1-4,12-14,18H,5-11H2,(H,22,23). The first-order valence-corrected chi connectivity index (χ1v) is 9.97. The van der Waals surface area contributed by atoms with Gasteiger partial charge < -0.3 is 10.1 Å². The number of benzene rings is 1. The molecular formula is C19H23F2NO2S. The lowest BCUT2D eigenvalue weighted by atomic mass is 9.56. The molecule has 5 rings (SSSR count). The molecule has 0 heterocycles. The van der Waals surface area contributed by atoms with Crippen molar-refractivity contribution in [1.29, 1.82) is 0 Å². The fourth-order valence-electron chi connectivity index (χ4n) is 5.34. The number of rotatable bonds is 6. The van der Waals surface area contributed by atoms with Crippen LogP contribution >= 0.6 is 11.8 Å². The van der Waals surface area contributed by atoms with Crippen LogP contribution in [0, 0.1) is 17.8 Å². The molecule has 1 N–H and O–H groups in total. The maximum absolute atomic E-state index is 12.3. The van der Waals surface area contributed by atoms with Gasteiger partial charge in [-0.05, 0) is 80.5 Å². The van der Waals surface area contributed by atoms with Crippen LogP contribution < -0.4 is 10.1 Å². The second-order valence-corrected chi connectivity index (χ2v) is 9.28. The first-order valence-electron chi connectivity index (χ1n) is 8.98. The van der Waals surface area contributed by atoms with E-state index in [9.17, 15) is 13.6 Å². The SMILES string of the molecule is O=C(CSC12CC3CC(CC(C3)C1)C2)Nc1ccc(OC(F)F)cc1. The van der Waals surface area contributed by atoms with Crippen molar-refractivity contribution in [3.63, 3.8) is 0 Å². The zero-order chi connectivity index (χ0) is 17.4. The van der Waals surface area contributed by atoms with Crippen LogP contribution in [0.25, 0.3) is 0 Å². The van der Waals surface area contributed by atoms with Crippen molar-refractivity contribution in [3.05, 3.63) is 24.3 Å². The zero-order valence-corrected chi connectivity index (χ0v) is 14.9. The smallest absolute Gasteiger partial charge is 0.387 e. The number of hydrogen-bond acceptors (Lipinski definition) is 3. The maximum Gasteiger partial charge on any atom is 0.387 e. The van der Waals surface area contributed by atoms with Crippen LogP contribution in [-0.2, 0) is 4.79 Å². The largest absolute Gasteiger partial charge is 0.435 e. The highest BCUT2D eigenvalue weighted by Crippen LogP contribution is 2.60. The number of carbonyl (C=O) groups excluding carboxylic acids is 1. The van der Waals surface area contributed by atoms with Crippen molar-refractivity contribution in [2.45, 2.75) is 49.9 Å². The molecule has 1 amide bonds. The molecule has 4 bridgehead atoms. The average Bonchev–Trinajstić information content (AvgIpc) is 2.53. The monoisotopic (exact) mass is 367 g/mol. The molecule has 4 fully saturated rings. The van der Waals surface area contributed by atoms with E-state index in [-0.39, 0.29) is 11.7 Å². The fourth-order valence-corrected chi connectivity index (χ4v) is 6.91. The summed E-state index contributed by atoms with van der Waals surface area (Å²) in [5.74, 6) is 3.17. The Labute approximate surface area is 150 Å². The molecule has 0 spiro atoms. The second kappa shape index (κ2) is 6.78. The Kier molecular flexibility index (Phi) is 4.65. The summed E-state index contributed by atoms with van der Waals surface area (Å²) in [6.07, 6.45) is 8.03. The van der Waals surface area contributed by atoms with Gasteiger partial charge in [0.2, 0.25) is 5.91 Å². The highest BCUT2D eigenvalue weighted by molar-refractivity contribution is 8.01. The van der Waals surface area contributed by atoms with E-state index in [2.05, 4.69) is 10.1 Å². The van der Waals surface area contributed by atoms with Gasteiger partial charge in [-0.25, -0.2) is 0 Å². The zero-order valence-electron chi connectivity index (χ0n) is 14.0. The molecule has 0 aliphatic heterocycles. The molecule has 0 atom stereocenters. The van der Waals surface area contributed by atoms with Crippen molar-refractivity contribution in [2.24, 2.45) is 17.8 Å². The van der Waals surface area contributed by atoms with Gasteiger partial charge in [-0.1, -0.05) is 0 Å². The third kappa shape index (κ3) is 3.94. The lowest BCUT2D eigenvalue weighted by molar-refractivity contribution is -0.113. The van der Waals surface area contributed by atoms with Gasteiger partial charge in [0.05, 0.1) is 5.75 Å². The summed E-state index contributed by atoms with van der Waals surface area (Å²) in [4.78, 5) is 12.3. The fraction of sp³-hybridized carbons (Fsp3) is 0.632. The summed E-state index contributed by atoms with van der Waals surface area (Å²) in [5, 5.41) is 2.85. The summed E-state index contributed by atoms with van der Waals surface area (Å²) >= 11 is 1.84. The molecule has 1 aromatic carbocycles. The van der Waals surface area contributed by atoms with Gasteiger partial charge in [-0.15, -0.1) is 11.8 Å². The Morgan fingerprint density at radius 2 is 1.68 bits per heavy atom. The molecule has 3 nitrogen and oxygen atoms in total. The molecular weight excluding hydrogens is 344 g/mol. The van der Waals surface area contributed by atoms with Crippen LogP contribution in [-0.4, -0.2) is 23.0 Å². The Morgan fingerprint density at radius 3 is 2.20 bits per heavy atom. The van der Waals surface area contributed by atoms with Gasteiger partial charge >= 0.3 is 6.61 Å². The number of thioether (sulfide) groups is 1. The lowest BCUT2D eigenvalue weighted by Gasteiger charge is -2.56. The van der Waals surface area contributed by atoms with Crippen molar-refractivity contribution in [2.75, 3.05) is 11.1 Å². The van der Waals surface area contributed by atoms with Gasteiger partial charge in [0.1, 0.15) is 5.75 Å². The minimum atomic E-state index is -2.84. The summed E-state index contributed by atoms with van der Waals surface area (Å²) in [7, 11) is 0. The average molecular weight is 367 g/mol. The molecule has 4 aliphatic rings. The lowest BCUT2D eigenvalue weighted by Crippen LogP contribution is -2.49. The summed E-state index contributed by atoms with van der Waals surface area (Å²) in [5.41, 5.74) is 0.609. The van der Waals surface area contributed by atoms with Gasteiger partial charge in [-0.2, -0.15) is 8.78 Å². The van der Waals surface area contributed by atoms with Crippen LogP contribution in [0.1, 0.15) is 38.5 Å². The van der Waals surface area contributed by atoms with Crippen LogP contribution in [0.4, 0.5) is 14.5 Å². The Morgan fingerprint density at radius 1 is 1.12 bits per heavy atom. The van der Waals surface area contributed by atoms with Gasteiger partial charge in [0.25, 0.3) is 0 Å². The van der Waals surface area contributed by atoms with Crippen molar-refractivity contribution in [3.8, 4) is 5.75 Å². The maximum atomic E-state index is 12.3. The molecule has 6 heteroatoms. The Balaban J connectivity index is 1.29. The third-order valence-corrected chi connectivity index (χ3v) is 7.37. The van der Waals surface area contributed by atoms with Gasteiger partial charge in [-0.3, -0.25) is 4.79 Å². The number of nitrogens with one attached hydrogen (secondary N) is 1. The van der Waals surface area contributed by atoms with Crippen molar-refractivity contribution < 1.29 is 18.3 Å². The molecule has 0 saturated heterocycles.